The molecule has 0 fully saturated rings. The van der Waals surface area contributed by atoms with Crippen molar-refractivity contribution in [2.45, 2.75) is 32.2 Å². The van der Waals surface area contributed by atoms with Gasteiger partial charge in [0.2, 0.25) is 5.91 Å². The number of fused-ring (bicyclic) bond motifs is 1. The standard InChI is InChI=1S/C19H20N4O2S/c20-9-4-7-15(24)12-21-18(25)11-19-22-16-8-10-23(13-17(16)26-19)14-5-2-1-3-6-14/h1-3,5-6H,4,7-8,10-13H2,(H,21,25). The van der Waals surface area contributed by atoms with Crippen LogP contribution in [0.4, 0.5) is 5.69 Å². The number of para-hydroxylation sites is 1. The van der Waals surface area contributed by atoms with Crippen LogP contribution in [0.25, 0.3) is 0 Å². The third-order valence-electron chi connectivity index (χ3n) is 4.21. The lowest BCUT2D eigenvalue weighted by Crippen LogP contribution is -2.30. The van der Waals surface area contributed by atoms with E-state index in [2.05, 4.69) is 27.3 Å². The monoisotopic (exact) mass is 368 g/mol. The number of ketones is 1. The van der Waals surface area contributed by atoms with E-state index < -0.39 is 0 Å². The van der Waals surface area contributed by atoms with E-state index in [1.165, 1.54) is 10.6 Å². The number of nitriles is 1. The van der Waals surface area contributed by atoms with Gasteiger partial charge in [0, 0.05) is 36.4 Å². The van der Waals surface area contributed by atoms with Gasteiger partial charge in [-0.2, -0.15) is 5.26 Å². The van der Waals surface area contributed by atoms with Crippen LogP contribution in [0.15, 0.2) is 30.3 Å². The minimum Gasteiger partial charge on any atom is -0.366 e. The Morgan fingerprint density at radius 3 is 2.88 bits per heavy atom. The van der Waals surface area contributed by atoms with Crippen molar-refractivity contribution in [1.29, 1.82) is 5.26 Å². The van der Waals surface area contributed by atoms with Gasteiger partial charge in [0.25, 0.3) is 0 Å². The van der Waals surface area contributed by atoms with Crippen LogP contribution < -0.4 is 10.2 Å². The van der Waals surface area contributed by atoms with E-state index in [1.54, 1.807) is 11.3 Å². The van der Waals surface area contributed by atoms with Gasteiger partial charge in [-0.25, -0.2) is 4.98 Å². The predicted octanol–water partition coefficient (Wildman–Crippen LogP) is 2.24. The Balaban J connectivity index is 1.54. The zero-order valence-corrected chi connectivity index (χ0v) is 15.2. The highest BCUT2D eigenvalue weighted by atomic mass is 32.1. The zero-order chi connectivity index (χ0) is 18.4. The number of rotatable bonds is 7. The van der Waals surface area contributed by atoms with Gasteiger partial charge in [-0.3, -0.25) is 9.59 Å². The first kappa shape index (κ1) is 18.1. The minimum atomic E-state index is -0.207. The number of anilines is 1. The Hall–Kier alpha value is -2.72. The Labute approximate surface area is 156 Å². The number of hydrogen-bond acceptors (Lipinski definition) is 6. The summed E-state index contributed by atoms with van der Waals surface area (Å²) in [5.74, 6) is -0.335. The van der Waals surface area contributed by atoms with Gasteiger partial charge in [0.15, 0.2) is 5.78 Å². The van der Waals surface area contributed by atoms with Gasteiger partial charge >= 0.3 is 0 Å². The smallest absolute Gasteiger partial charge is 0.227 e. The van der Waals surface area contributed by atoms with E-state index in [1.807, 2.05) is 24.3 Å². The number of nitrogens with one attached hydrogen (secondary N) is 1. The van der Waals surface area contributed by atoms with Crippen LogP contribution in [0, 0.1) is 11.3 Å². The molecule has 1 aromatic carbocycles. The SMILES string of the molecule is N#CCCC(=O)CNC(=O)Cc1nc2c(s1)CN(c1ccccc1)CC2. The summed E-state index contributed by atoms with van der Waals surface area (Å²) in [5.41, 5.74) is 2.27. The molecule has 3 rings (SSSR count). The van der Waals surface area contributed by atoms with Gasteiger partial charge in [0.05, 0.1) is 31.3 Å². The van der Waals surface area contributed by atoms with E-state index in [0.29, 0.717) is 0 Å². The molecular formula is C19H20N4O2S. The molecule has 0 spiro atoms. The molecule has 0 unspecified atom stereocenters. The van der Waals surface area contributed by atoms with Crippen LogP contribution in [0.2, 0.25) is 0 Å². The van der Waals surface area contributed by atoms with Crippen LogP contribution >= 0.6 is 11.3 Å². The van der Waals surface area contributed by atoms with E-state index in [-0.39, 0.29) is 37.5 Å². The van der Waals surface area contributed by atoms with Crippen molar-refractivity contribution in [1.82, 2.24) is 10.3 Å². The minimum absolute atomic E-state index is 0.0204. The molecule has 7 heteroatoms. The maximum atomic E-state index is 12.0. The van der Waals surface area contributed by atoms with Crippen LogP contribution in [-0.4, -0.2) is 29.8 Å². The van der Waals surface area contributed by atoms with Crippen molar-refractivity contribution >= 4 is 28.7 Å². The quantitative estimate of drug-likeness (QED) is 0.810. The van der Waals surface area contributed by atoms with E-state index in [9.17, 15) is 9.59 Å². The summed E-state index contributed by atoms with van der Waals surface area (Å²) in [6.07, 6.45) is 1.42. The molecular weight excluding hydrogens is 348 g/mol. The highest BCUT2D eigenvalue weighted by Gasteiger charge is 2.21. The van der Waals surface area contributed by atoms with E-state index in [4.69, 9.17) is 5.26 Å². The fourth-order valence-electron chi connectivity index (χ4n) is 2.86. The third-order valence-corrected chi connectivity index (χ3v) is 5.29. The van der Waals surface area contributed by atoms with Gasteiger partial charge in [-0.15, -0.1) is 11.3 Å². The molecule has 0 saturated heterocycles. The Morgan fingerprint density at radius 2 is 2.12 bits per heavy atom. The molecule has 0 atom stereocenters. The molecule has 1 aliphatic rings. The highest BCUT2D eigenvalue weighted by Crippen LogP contribution is 2.28. The van der Waals surface area contributed by atoms with Crippen molar-refractivity contribution in [3.63, 3.8) is 0 Å². The topological polar surface area (TPSA) is 86.1 Å². The average Bonchev–Trinajstić information content (AvgIpc) is 3.06. The Morgan fingerprint density at radius 1 is 1.31 bits per heavy atom. The molecule has 1 aromatic heterocycles. The van der Waals surface area contributed by atoms with Crippen molar-refractivity contribution in [2.24, 2.45) is 0 Å². The van der Waals surface area contributed by atoms with Gasteiger partial charge in [-0.1, -0.05) is 18.2 Å². The summed E-state index contributed by atoms with van der Waals surface area (Å²) in [6, 6.07) is 12.2. The summed E-state index contributed by atoms with van der Waals surface area (Å²) in [7, 11) is 0. The van der Waals surface area contributed by atoms with Crippen LogP contribution in [-0.2, 0) is 29.0 Å². The van der Waals surface area contributed by atoms with E-state index in [0.717, 1.165) is 30.2 Å². The van der Waals surface area contributed by atoms with Crippen LogP contribution in [0.5, 0.6) is 0 Å². The Bertz CT molecular complexity index is 826. The number of amides is 1. The molecule has 1 aliphatic heterocycles. The normalized spacial score (nSPS) is 13.0. The maximum absolute atomic E-state index is 12.0. The molecule has 134 valence electrons. The molecule has 6 nitrogen and oxygen atoms in total. The lowest BCUT2D eigenvalue weighted by molar-refractivity contribution is -0.124. The van der Waals surface area contributed by atoms with Gasteiger partial charge < -0.3 is 10.2 Å². The second kappa shape index (κ2) is 8.59. The number of Topliss-reactive ketones (excluding diaryl/α,β-unsaturated/α-hetero) is 1. The summed E-state index contributed by atoms with van der Waals surface area (Å²) < 4.78 is 0. The van der Waals surface area contributed by atoms with Crippen LogP contribution in [0.1, 0.15) is 28.4 Å². The number of carbonyl (C=O) groups excluding carboxylic acids is 2. The van der Waals surface area contributed by atoms with Gasteiger partial charge in [0.1, 0.15) is 5.01 Å². The van der Waals surface area contributed by atoms with Crippen molar-refractivity contribution in [3.05, 3.63) is 45.9 Å². The number of carbonyl (C=O) groups is 2. The van der Waals surface area contributed by atoms with E-state index >= 15 is 0 Å². The molecule has 0 saturated carbocycles. The zero-order valence-electron chi connectivity index (χ0n) is 14.4. The maximum Gasteiger partial charge on any atom is 0.227 e. The second-order valence-electron chi connectivity index (χ2n) is 6.13. The molecule has 1 amide bonds. The number of aromatic nitrogens is 1. The fourth-order valence-corrected chi connectivity index (χ4v) is 3.99. The van der Waals surface area contributed by atoms with Crippen molar-refractivity contribution in [2.75, 3.05) is 18.0 Å². The summed E-state index contributed by atoms with van der Waals surface area (Å²) in [5, 5.41) is 11.9. The predicted molar refractivity (Wildman–Crippen MR) is 99.9 cm³/mol. The lowest BCUT2D eigenvalue weighted by atomic mass is 10.1. The lowest BCUT2D eigenvalue weighted by Gasteiger charge is -2.28. The number of benzene rings is 1. The first-order chi connectivity index (χ1) is 12.7. The fraction of sp³-hybridized carbons (Fsp3) is 0.368. The summed E-state index contributed by atoms with van der Waals surface area (Å²) >= 11 is 1.57. The molecule has 0 bridgehead atoms. The summed E-state index contributed by atoms with van der Waals surface area (Å²) in [4.78, 5) is 31.6. The number of hydrogen-bond donors (Lipinski definition) is 1. The average molecular weight is 368 g/mol. The van der Waals surface area contributed by atoms with Crippen molar-refractivity contribution in [3.8, 4) is 6.07 Å². The highest BCUT2D eigenvalue weighted by molar-refractivity contribution is 7.11. The van der Waals surface area contributed by atoms with Crippen molar-refractivity contribution < 1.29 is 9.59 Å². The first-order valence-corrected chi connectivity index (χ1v) is 9.40. The molecule has 0 aliphatic carbocycles. The molecule has 2 aromatic rings. The molecule has 1 N–H and O–H groups in total. The number of thiazole rings is 1. The third kappa shape index (κ3) is 4.67. The first-order valence-electron chi connectivity index (χ1n) is 8.58. The number of nitrogens with zero attached hydrogens (tertiary/aromatic N) is 3. The van der Waals surface area contributed by atoms with Crippen LogP contribution in [0.3, 0.4) is 0 Å². The van der Waals surface area contributed by atoms with Gasteiger partial charge in [-0.05, 0) is 12.1 Å². The molecule has 0 radical (unpaired) electrons. The molecule has 2 heterocycles. The largest absolute Gasteiger partial charge is 0.366 e. The second-order valence-corrected chi connectivity index (χ2v) is 7.30. The Kier molecular flexibility index (Phi) is 5.97. The summed E-state index contributed by atoms with van der Waals surface area (Å²) in [6.45, 7) is 1.71. The molecule has 26 heavy (non-hydrogen) atoms.